The van der Waals surface area contributed by atoms with Gasteiger partial charge < -0.3 is 4.74 Å². The predicted molar refractivity (Wildman–Crippen MR) is 71.5 cm³/mol. The molecule has 0 spiro atoms. The fourth-order valence-corrected chi connectivity index (χ4v) is 1.90. The second-order valence-electron chi connectivity index (χ2n) is 4.02. The molecule has 1 heterocycles. The number of carbonyl (C=O) groups excluding carboxylic acids is 1. The number of aromatic nitrogens is 2. The lowest BCUT2D eigenvalue weighted by Gasteiger charge is -2.07. The lowest BCUT2D eigenvalue weighted by atomic mass is 10.2. The van der Waals surface area contributed by atoms with Crippen molar-refractivity contribution in [3.8, 4) is 11.6 Å². The molecule has 20 heavy (non-hydrogen) atoms. The topological polar surface area (TPSA) is 87.3 Å². The van der Waals surface area contributed by atoms with Gasteiger partial charge in [-0.3, -0.25) is 14.9 Å². The zero-order valence-corrected chi connectivity index (χ0v) is 11.4. The summed E-state index contributed by atoms with van der Waals surface area (Å²) in [4.78, 5) is 21.4. The largest absolute Gasteiger partial charge is 0.431 e. The van der Waals surface area contributed by atoms with Gasteiger partial charge in [0.1, 0.15) is 0 Å². The van der Waals surface area contributed by atoms with E-state index in [1.807, 2.05) is 0 Å². The van der Waals surface area contributed by atoms with Crippen LogP contribution in [0.25, 0.3) is 0 Å². The Morgan fingerprint density at radius 3 is 2.80 bits per heavy atom. The average molecular weight is 296 g/mol. The summed E-state index contributed by atoms with van der Waals surface area (Å²) in [5.41, 5.74) is 0.467. The lowest BCUT2D eigenvalue weighted by molar-refractivity contribution is -0.385. The molecule has 0 aliphatic rings. The SMILES string of the molecule is Cc1nn(C)c(Oc2cc(Cl)ccc2[N+](=O)[O-])c1C=O. The molecule has 7 nitrogen and oxygen atoms in total. The third-order valence-electron chi connectivity index (χ3n) is 2.66. The van der Waals surface area contributed by atoms with Crippen LogP contribution < -0.4 is 4.74 Å². The van der Waals surface area contributed by atoms with Crippen LogP contribution in [0.15, 0.2) is 18.2 Å². The van der Waals surface area contributed by atoms with Gasteiger partial charge >= 0.3 is 5.69 Å². The normalized spacial score (nSPS) is 10.3. The van der Waals surface area contributed by atoms with Crippen molar-refractivity contribution in [1.29, 1.82) is 0 Å². The van der Waals surface area contributed by atoms with Crippen LogP contribution in [0.2, 0.25) is 5.02 Å². The second kappa shape index (κ2) is 5.30. The molecule has 104 valence electrons. The van der Waals surface area contributed by atoms with E-state index in [0.717, 1.165) is 0 Å². The summed E-state index contributed by atoms with van der Waals surface area (Å²) in [5.74, 6) is 0.0801. The highest BCUT2D eigenvalue weighted by Crippen LogP contribution is 2.35. The number of ether oxygens (including phenoxy) is 1. The molecule has 2 aromatic rings. The number of aldehydes is 1. The van der Waals surface area contributed by atoms with Crippen LogP contribution in [-0.4, -0.2) is 21.0 Å². The fourth-order valence-electron chi connectivity index (χ4n) is 1.73. The van der Waals surface area contributed by atoms with Crippen LogP contribution >= 0.6 is 11.6 Å². The Hall–Kier alpha value is -2.41. The number of hydrogen-bond donors (Lipinski definition) is 0. The predicted octanol–water partition coefficient (Wildman–Crippen LogP) is 2.89. The highest BCUT2D eigenvalue weighted by Gasteiger charge is 2.21. The Morgan fingerprint density at radius 2 is 2.20 bits per heavy atom. The molecule has 0 fully saturated rings. The van der Waals surface area contributed by atoms with E-state index in [1.165, 1.54) is 22.9 Å². The molecule has 0 unspecified atom stereocenters. The zero-order valence-electron chi connectivity index (χ0n) is 10.7. The van der Waals surface area contributed by atoms with E-state index in [4.69, 9.17) is 16.3 Å². The minimum atomic E-state index is -0.588. The summed E-state index contributed by atoms with van der Waals surface area (Å²) < 4.78 is 6.81. The van der Waals surface area contributed by atoms with Crippen LogP contribution in [0.5, 0.6) is 11.6 Å². The zero-order chi connectivity index (χ0) is 14.9. The third kappa shape index (κ3) is 2.48. The number of nitro groups is 1. The summed E-state index contributed by atoms with van der Waals surface area (Å²) in [6.45, 7) is 1.64. The van der Waals surface area contributed by atoms with Crippen molar-refractivity contribution in [2.75, 3.05) is 0 Å². The van der Waals surface area contributed by atoms with E-state index in [0.29, 0.717) is 12.0 Å². The maximum Gasteiger partial charge on any atom is 0.311 e. The number of rotatable bonds is 4. The summed E-state index contributed by atoms with van der Waals surface area (Å²) in [6.07, 6.45) is 0.591. The number of aryl methyl sites for hydroxylation is 2. The Labute approximate surface area is 118 Å². The molecule has 1 aromatic carbocycles. The molecule has 0 aliphatic carbocycles. The van der Waals surface area contributed by atoms with Crippen LogP contribution in [-0.2, 0) is 7.05 Å². The molecular weight excluding hydrogens is 286 g/mol. The first-order valence-corrected chi connectivity index (χ1v) is 5.92. The standard InChI is InChI=1S/C12H10ClN3O4/c1-7-9(6-17)12(15(2)14-7)20-11-5-8(13)3-4-10(11)16(18)19/h3-6H,1-2H3. The van der Waals surface area contributed by atoms with Gasteiger partial charge in [0, 0.05) is 24.2 Å². The first kappa shape index (κ1) is 14.0. The van der Waals surface area contributed by atoms with E-state index >= 15 is 0 Å². The average Bonchev–Trinajstić information content (AvgIpc) is 2.63. The molecule has 0 bridgehead atoms. The van der Waals surface area contributed by atoms with Gasteiger partial charge in [0.05, 0.1) is 16.2 Å². The van der Waals surface area contributed by atoms with Crippen LogP contribution in [0.1, 0.15) is 16.1 Å². The van der Waals surface area contributed by atoms with Crippen molar-refractivity contribution < 1.29 is 14.5 Å². The number of hydrogen-bond acceptors (Lipinski definition) is 5. The molecule has 0 radical (unpaired) electrons. The first-order valence-electron chi connectivity index (χ1n) is 5.54. The van der Waals surface area contributed by atoms with E-state index in [9.17, 15) is 14.9 Å². The first-order chi connectivity index (χ1) is 9.43. The Balaban J connectivity index is 2.52. The van der Waals surface area contributed by atoms with Gasteiger partial charge in [-0.25, -0.2) is 4.68 Å². The summed E-state index contributed by atoms with van der Waals surface area (Å²) in [5, 5.41) is 15.3. The van der Waals surface area contributed by atoms with E-state index < -0.39 is 4.92 Å². The van der Waals surface area contributed by atoms with Gasteiger partial charge in [-0.1, -0.05) is 11.6 Å². The molecule has 0 N–H and O–H groups in total. The van der Waals surface area contributed by atoms with Crippen LogP contribution in [0.4, 0.5) is 5.69 Å². The van der Waals surface area contributed by atoms with Crippen molar-refractivity contribution in [3.05, 3.63) is 44.6 Å². The molecule has 0 atom stereocenters. The van der Waals surface area contributed by atoms with Crippen LogP contribution in [0.3, 0.4) is 0 Å². The van der Waals surface area contributed by atoms with Gasteiger partial charge in [0.25, 0.3) is 0 Å². The van der Waals surface area contributed by atoms with Crippen molar-refractivity contribution in [2.45, 2.75) is 6.92 Å². The van der Waals surface area contributed by atoms with E-state index in [1.54, 1.807) is 14.0 Å². The minimum Gasteiger partial charge on any atom is -0.431 e. The highest BCUT2D eigenvalue weighted by atomic mass is 35.5. The monoisotopic (exact) mass is 295 g/mol. The highest BCUT2D eigenvalue weighted by molar-refractivity contribution is 6.30. The number of halogens is 1. The summed E-state index contributed by atoms with van der Waals surface area (Å²) >= 11 is 5.81. The molecule has 0 saturated heterocycles. The Morgan fingerprint density at radius 1 is 1.50 bits per heavy atom. The molecular formula is C12H10ClN3O4. The van der Waals surface area contributed by atoms with Crippen molar-refractivity contribution in [3.63, 3.8) is 0 Å². The fraction of sp³-hybridized carbons (Fsp3) is 0.167. The van der Waals surface area contributed by atoms with Crippen LogP contribution in [0, 0.1) is 17.0 Å². The molecule has 0 aliphatic heterocycles. The molecule has 8 heteroatoms. The summed E-state index contributed by atoms with van der Waals surface area (Å²) in [7, 11) is 1.58. The number of nitro benzene ring substituents is 1. The van der Waals surface area contributed by atoms with Crippen molar-refractivity contribution in [1.82, 2.24) is 9.78 Å². The smallest absolute Gasteiger partial charge is 0.311 e. The van der Waals surface area contributed by atoms with Gasteiger partial charge in [-0.2, -0.15) is 5.10 Å². The minimum absolute atomic E-state index is 0.0476. The molecule has 1 aromatic heterocycles. The van der Waals surface area contributed by atoms with Gasteiger partial charge in [0.2, 0.25) is 11.6 Å². The molecule has 0 amide bonds. The Bertz CT molecular complexity index is 696. The van der Waals surface area contributed by atoms with E-state index in [2.05, 4.69) is 5.10 Å². The lowest BCUT2D eigenvalue weighted by Crippen LogP contribution is -1.99. The Kier molecular flexibility index (Phi) is 3.71. The molecule has 0 saturated carbocycles. The maximum absolute atomic E-state index is 11.0. The molecule has 2 rings (SSSR count). The van der Waals surface area contributed by atoms with Crippen molar-refractivity contribution in [2.24, 2.45) is 7.05 Å². The number of carbonyl (C=O) groups is 1. The third-order valence-corrected chi connectivity index (χ3v) is 2.89. The van der Waals surface area contributed by atoms with Gasteiger partial charge in [0.15, 0.2) is 6.29 Å². The maximum atomic E-state index is 11.0. The van der Waals surface area contributed by atoms with E-state index in [-0.39, 0.29) is 27.9 Å². The quantitative estimate of drug-likeness (QED) is 0.491. The number of nitrogens with zero attached hydrogens (tertiary/aromatic N) is 3. The van der Waals surface area contributed by atoms with Gasteiger partial charge in [-0.15, -0.1) is 0 Å². The van der Waals surface area contributed by atoms with Crippen molar-refractivity contribution >= 4 is 23.6 Å². The second-order valence-corrected chi connectivity index (χ2v) is 4.45. The van der Waals surface area contributed by atoms with Gasteiger partial charge in [-0.05, 0) is 13.0 Å². The number of benzene rings is 1. The summed E-state index contributed by atoms with van der Waals surface area (Å²) in [6, 6.07) is 3.94.